The van der Waals surface area contributed by atoms with Crippen molar-refractivity contribution in [3.8, 4) is 33.4 Å². The fraction of sp³-hybridized carbons (Fsp3) is 0.0508. The Balaban J connectivity index is 0.886. The Morgan fingerprint density at radius 3 is 1.00 bits per heavy atom. The summed E-state index contributed by atoms with van der Waals surface area (Å²) in [5, 5.41) is 4.94. The number of benzene rings is 10. The molecule has 0 aliphatic heterocycles. The molecule has 2 nitrogen and oxygen atoms in total. The van der Waals surface area contributed by atoms with Gasteiger partial charge in [-0.05, 0) is 151 Å². The van der Waals surface area contributed by atoms with Crippen LogP contribution in [0.5, 0.6) is 0 Å². The van der Waals surface area contributed by atoms with Crippen molar-refractivity contribution in [2.45, 2.75) is 19.3 Å². The fourth-order valence-corrected chi connectivity index (χ4v) is 9.38. The first-order valence-electron chi connectivity index (χ1n) is 21.2. The maximum atomic E-state index is 2.42. The monoisotopic (exact) mass is 780 g/mol. The van der Waals surface area contributed by atoms with E-state index in [4.69, 9.17) is 0 Å². The van der Waals surface area contributed by atoms with E-state index in [0.29, 0.717) is 0 Å². The van der Waals surface area contributed by atoms with Crippen LogP contribution in [0, 0.1) is 0 Å². The summed E-state index contributed by atoms with van der Waals surface area (Å²) in [5.74, 6) is 0. The molecule has 0 unspecified atom stereocenters. The second-order valence-corrected chi connectivity index (χ2v) is 16.6. The highest BCUT2D eigenvalue weighted by atomic mass is 15.1. The highest BCUT2D eigenvalue weighted by Gasteiger charge is 2.36. The standard InChI is InChI=1S/C59H44N2/c1-59(2)57-39-47(43-21-29-51(30-22-43)60(49-17-5-3-6-18-49)53-33-25-41-13-9-11-15-45(41)37-53)27-35-55(57)56-36-28-48(40-58(56)59)44-23-31-52(32-24-44)61(50-19-7-4-8-20-50)54-34-26-42-14-10-12-16-46(42)38-54/h3-40H,1-2H3. The summed E-state index contributed by atoms with van der Waals surface area (Å²) >= 11 is 0. The van der Waals surface area contributed by atoms with Crippen molar-refractivity contribution in [3.05, 3.63) is 242 Å². The van der Waals surface area contributed by atoms with Gasteiger partial charge in [-0.2, -0.15) is 0 Å². The summed E-state index contributed by atoms with van der Waals surface area (Å²) in [5.41, 5.74) is 16.9. The van der Waals surface area contributed by atoms with Crippen molar-refractivity contribution in [2.24, 2.45) is 0 Å². The number of para-hydroxylation sites is 2. The molecule has 2 heteroatoms. The van der Waals surface area contributed by atoms with Gasteiger partial charge in [0.2, 0.25) is 0 Å². The van der Waals surface area contributed by atoms with Crippen molar-refractivity contribution in [1.29, 1.82) is 0 Å². The Hall–Kier alpha value is -7.68. The molecule has 0 radical (unpaired) electrons. The van der Waals surface area contributed by atoms with E-state index in [9.17, 15) is 0 Å². The van der Waals surface area contributed by atoms with Gasteiger partial charge >= 0.3 is 0 Å². The Morgan fingerprint density at radius 1 is 0.262 bits per heavy atom. The molecule has 1 aliphatic rings. The largest absolute Gasteiger partial charge is 0.310 e. The second-order valence-electron chi connectivity index (χ2n) is 16.6. The lowest BCUT2D eigenvalue weighted by molar-refractivity contribution is 0.661. The van der Waals surface area contributed by atoms with Crippen LogP contribution in [0.3, 0.4) is 0 Å². The zero-order valence-corrected chi connectivity index (χ0v) is 34.3. The van der Waals surface area contributed by atoms with Crippen LogP contribution in [0.2, 0.25) is 0 Å². The van der Waals surface area contributed by atoms with Gasteiger partial charge in [-0.25, -0.2) is 0 Å². The predicted molar refractivity (Wildman–Crippen MR) is 259 cm³/mol. The molecule has 290 valence electrons. The average molecular weight is 781 g/mol. The zero-order chi connectivity index (χ0) is 40.9. The summed E-state index contributed by atoms with van der Waals surface area (Å²) in [6.45, 7) is 4.75. The normalized spacial score (nSPS) is 12.6. The van der Waals surface area contributed by atoms with Crippen LogP contribution in [-0.2, 0) is 5.41 Å². The molecule has 0 fully saturated rings. The van der Waals surface area contributed by atoms with Crippen LogP contribution in [0.4, 0.5) is 34.1 Å². The minimum absolute atomic E-state index is 0.156. The van der Waals surface area contributed by atoms with Gasteiger partial charge < -0.3 is 9.80 Å². The van der Waals surface area contributed by atoms with E-state index in [2.05, 4.69) is 254 Å². The molecule has 11 rings (SSSR count). The summed E-state index contributed by atoms with van der Waals surface area (Å²) in [7, 11) is 0. The number of fused-ring (bicyclic) bond motifs is 5. The number of hydrogen-bond acceptors (Lipinski definition) is 2. The Bertz CT molecular complexity index is 2980. The van der Waals surface area contributed by atoms with Gasteiger partial charge in [0.05, 0.1) is 0 Å². The first kappa shape index (κ1) is 36.4. The number of rotatable bonds is 8. The molecule has 0 bridgehead atoms. The number of hydrogen-bond donors (Lipinski definition) is 0. The summed E-state index contributed by atoms with van der Waals surface area (Å²) in [4.78, 5) is 4.68. The van der Waals surface area contributed by atoms with E-state index in [-0.39, 0.29) is 5.41 Å². The molecular weight excluding hydrogens is 737 g/mol. The number of nitrogens with zero attached hydrogens (tertiary/aromatic N) is 2. The molecule has 0 saturated heterocycles. The first-order chi connectivity index (χ1) is 30.0. The van der Waals surface area contributed by atoms with E-state index in [1.54, 1.807) is 0 Å². The molecular formula is C59H44N2. The topological polar surface area (TPSA) is 6.48 Å². The van der Waals surface area contributed by atoms with Crippen molar-refractivity contribution in [2.75, 3.05) is 9.80 Å². The average Bonchev–Trinajstić information content (AvgIpc) is 3.55. The highest BCUT2D eigenvalue weighted by molar-refractivity contribution is 5.92. The predicted octanol–water partition coefficient (Wildman–Crippen LogP) is 16.6. The van der Waals surface area contributed by atoms with Crippen LogP contribution in [0.1, 0.15) is 25.0 Å². The fourth-order valence-electron chi connectivity index (χ4n) is 9.38. The molecule has 10 aromatic carbocycles. The lowest BCUT2D eigenvalue weighted by Crippen LogP contribution is -2.15. The quantitative estimate of drug-likeness (QED) is 0.152. The molecule has 0 spiro atoms. The third-order valence-corrected chi connectivity index (χ3v) is 12.6. The second kappa shape index (κ2) is 14.9. The van der Waals surface area contributed by atoms with Crippen molar-refractivity contribution in [3.63, 3.8) is 0 Å². The minimum atomic E-state index is -0.156. The molecule has 0 N–H and O–H groups in total. The van der Waals surface area contributed by atoms with Gasteiger partial charge in [0.15, 0.2) is 0 Å². The van der Waals surface area contributed by atoms with Crippen molar-refractivity contribution in [1.82, 2.24) is 0 Å². The van der Waals surface area contributed by atoms with Gasteiger partial charge in [-0.3, -0.25) is 0 Å². The number of anilines is 6. The summed E-state index contributed by atoms with van der Waals surface area (Å²) in [6, 6.07) is 84.0. The molecule has 61 heavy (non-hydrogen) atoms. The van der Waals surface area contributed by atoms with E-state index in [1.165, 1.54) is 66.1 Å². The smallest absolute Gasteiger partial charge is 0.0468 e. The van der Waals surface area contributed by atoms with Crippen LogP contribution < -0.4 is 9.80 Å². The van der Waals surface area contributed by atoms with Crippen LogP contribution >= 0.6 is 0 Å². The summed E-state index contributed by atoms with van der Waals surface area (Å²) in [6.07, 6.45) is 0. The van der Waals surface area contributed by atoms with E-state index in [1.807, 2.05) is 0 Å². The van der Waals surface area contributed by atoms with Crippen molar-refractivity contribution < 1.29 is 0 Å². The maximum Gasteiger partial charge on any atom is 0.0468 e. The van der Waals surface area contributed by atoms with Gasteiger partial charge in [-0.15, -0.1) is 0 Å². The zero-order valence-electron chi connectivity index (χ0n) is 34.3. The van der Waals surface area contributed by atoms with Crippen molar-refractivity contribution >= 4 is 55.7 Å². The minimum Gasteiger partial charge on any atom is -0.310 e. The van der Waals surface area contributed by atoms with Crippen LogP contribution in [0.15, 0.2) is 231 Å². The Morgan fingerprint density at radius 2 is 0.590 bits per heavy atom. The Labute approximate surface area is 358 Å². The van der Waals surface area contributed by atoms with Crippen LogP contribution in [-0.4, -0.2) is 0 Å². The summed E-state index contributed by atoms with van der Waals surface area (Å²) < 4.78 is 0. The van der Waals surface area contributed by atoms with E-state index >= 15 is 0 Å². The van der Waals surface area contributed by atoms with Crippen LogP contribution in [0.25, 0.3) is 54.9 Å². The lowest BCUT2D eigenvalue weighted by Gasteiger charge is -2.26. The molecule has 1 aliphatic carbocycles. The Kier molecular flexibility index (Phi) is 8.86. The molecule has 0 heterocycles. The third kappa shape index (κ3) is 6.54. The highest BCUT2D eigenvalue weighted by Crippen LogP contribution is 2.51. The lowest BCUT2D eigenvalue weighted by atomic mass is 9.81. The molecule has 0 saturated carbocycles. The molecule has 0 atom stereocenters. The first-order valence-corrected chi connectivity index (χ1v) is 21.2. The molecule has 0 aromatic heterocycles. The SMILES string of the molecule is CC1(C)c2cc(-c3ccc(N(c4ccccc4)c4ccc5ccccc5c4)cc3)ccc2-c2ccc(-c3ccc(N(c4ccccc4)c4ccc5ccccc5c4)cc3)cc21. The van der Waals surface area contributed by atoms with E-state index in [0.717, 1.165) is 34.1 Å². The van der Waals surface area contributed by atoms with Gasteiger partial charge in [-0.1, -0.05) is 159 Å². The maximum absolute atomic E-state index is 2.42. The molecule has 0 amide bonds. The van der Waals surface area contributed by atoms with Gasteiger partial charge in [0.1, 0.15) is 0 Å². The van der Waals surface area contributed by atoms with Gasteiger partial charge in [0.25, 0.3) is 0 Å². The molecule has 10 aromatic rings. The van der Waals surface area contributed by atoms with Gasteiger partial charge in [0, 0.05) is 39.5 Å². The third-order valence-electron chi connectivity index (χ3n) is 12.6. The van der Waals surface area contributed by atoms with E-state index < -0.39 is 0 Å².